The maximum Gasteiger partial charge on any atom is 0.0725 e. The third-order valence-corrected chi connectivity index (χ3v) is 15.8. The van der Waals surface area contributed by atoms with E-state index in [1.54, 1.807) is 0 Å². The van der Waals surface area contributed by atoms with Gasteiger partial charge >= 0.3 is 0 Å². The van der Waals surface area contributed by atoms with E-state index < -0.39 is 16.2 Å². The molecule has 5 aliphatic rings. The van der Waals surface area contributed by atoms with Gasteiger partial charge in [0.15, 0.2) is 0 Å². The predicted molar refractivity (Wildman–Crippen MR) is 256 cm³/mol. The highest BCUT2D eigenvalue weighted by Crippen LogP contribution is 2.69. The van der Waals surface area contributed by atoms with Gasteiger partial charge in [-0.25, -0.2) is 0 Å². The van der Waals surface area contributed by atoms with Gasteiger partial charge < -0.3 is 0 Å². The Kier molecular flexibility index (Phi) is 6.32. The van der Waals surface area contributed by atoms with Gasteiger partial charge in [0.05, 0.1) is 16.2 Å². The van der Waals surface area contributed by atoms with E-state index in [1.807, 2.05) is 0 Å². The summed E-state index contributed by atoms with van der Waals surface area (Å²) in [5.74, 6) is 0. The first-order chi connectivity index (χ1) is 31.3. The zero-order valence-corrected chi connectivity index (χ0v) is 34.4. The van der Waals surface area contributed by atoms with Crippen LogP contribution < -0.4 is 0 Å². The van der Waals surface area contributed by atoms with Crippen molar-refractivity contribution in [3.63, 3.8) is 0 Å². The van der Waals surface area contributed by atoms with Gasteiger partial charge in [-0.2, -0.15) is 0 Å². The summed E-state index contributed by atoms with van der Waals surface area (Å²) in [5, 5.41) is 0. The van der Waals surface area contributed by atoms with E-state index in [2.05, 4.69) is 231 Å². The van der Waals surface area contributed by atoms with Gasteiger partial charge in [-0.1, -0.05) is 231 Å². The first kappa shape index (κ1) is 33.9. The monoisotopic (exact) mass is 794 g/mol. The molecule has 0 bridgehead atoms. The molecule has 5 aliphatic carbocycles. The lowest BCUT2D eigenvalue weighted by molar-refractivity contribution is 0.755. The smallest absolute Gasteiger partial charge is 0.0619 e. The lowest BCUT2D eigenvalue weighted by Gasteiger charge is -2.38. The van der Waals surface area contributed by atoms with Crippen LogP contribution >= 0.6 is 0 Å². The molecular weight excluding hydrogens is 757 g/mol. The van der Waals surface area contributed by atoms with Gasteiger partial charge in [0, 0.05) is 0 Å². The third-order valence-electron chi connectivity index (χ3n) is 15.8. The normalized spacial score (nSPS) is 15.7. The molecule has 0 saturated heterocycles. The minimum absolute atomic E-state index is 0.458. The van der Waals surface area contributed by atoms with E-state index >= 15 is 0 Å². The van der Waals surface area contributed by atoms with Crippen LogP contribution in [0.1, 0.15) is 66.8 Å². The summed E-state index contributed by atoms with van der Waals surface area (Å²) in [4.78, 5) is 0. The van der Waals surface area contributed by atoms with E-state index in [-0.39, 0.29) is 0 Å². The summed E-state index contributed by atoms with van der Waals surface area (Å²) in [5.41, 5.74) is 27.9. The second kappa shape index (κ2) is 11.8. The average Bonchev–Trinajstić information content (AvgIpc) is 4.11. The summed E-state index contributed by atoms with van der Waals surface area (Å²) in [7, 11) is 0. The van der Waals surface area contributed by atoms with Crippen LogP contribution in [-0.4, -0.2) is 0 Å². The first-order valence-electron chi connectivity index (χ1n) is 22.4. The minimum atomic E-state index is -0.670. The quantitative estimate of drug-likeness (QED) is 0.164. The van der Waals surface area contributed by atoms with Gasteiger partial charge in [-0.15, -0.1) is 0 Å². The van der Waals surface area contributed by atoms with Gasteiger partial charge in [0.25, 0.3) is 0 Å². The summed E-state index contributed by atoms with van der Waals surface area (Å²) in [6.07, 6.45) is 0. The summed E-state index contributed by atoms with van der Waals surface area (Å²) < 4.78 is 0. The van der Waals surface area contributed by atoms with Crippen molar-refractivity contribution in [1.82, 2.24) is 0 Å². The first-order valence-corrected chi connectivity index (χ1v) is 22.4. The number of hydrogen-bond donors (Lipinski definition) is 0. The summed E-state index contributed by atoms with van der Waals surface area (Å²) in [6, 6.07) is 88.5. The lowest BCUT2D eigenvalue weighted by atomic mass is 9.63. The third kappa shape index (κ3) is 3.68. The number of fused-ring (bicyclic) bond motifs is 23. The highest BCUT2D eigenvalue weighted by Gasteiger charge is 2.58. The minimum Gasteiger partial charge on any atom is -0.0619 e. The van der Waals surface area contributed by atoms with Crippen LogP contribution in [0.25, 0.3) is 55.6 Å². The van der Waals surface area contributed by atoms with E-state index in [1.165, 1.54) is 122 Å². The molecular formula is C63H38. The number of hydrogen-bond acceptors (Lipinski definition) is 0. The molecule has 0 heterocycles. The molecule has 290 valence electrons. The van der Waals surface area contributed by atoms with Crippen LogP contribution in [0.5, 0.6) is 0 Å². The van der Waals surface area contributed by atoms with Crippen molar-refractivity contribution in [1.29, 1.82) is 0 Å². The molecule has 63 heavy (non-hydrogen) atoms. The molecule has 0 N–H and O–H groups in total. The zero-order valence-electron chi connectivity index (χ0n) is 34.4. The molecule has 0 heteroatoms. The maximum atomic E-state index is 2.48. The molecule has 15 rings (SSSR count). The summed E-state index contributed by atoms with van der Waals surface area (Å²) >= 11 is 0. The number of rotatable bonds is 2. The zero-order chi connectivity index (χ0) is 41.1. The van der Waals surface area contributed by atoms with Crippen molar-refractivity contribution in [2.24, 2.45) is 0 Å². The molecule has 0 aromatic heterocycles. The molecule has 10 aromatic carbocycles. The van der Waals surface area contributed by atoms with Crippen molar-refractivity contribution in [2.45, 2.75) is 16.2 Å². The lowest BCUT2D eigenvalue weighted by Crippen LogP contribution is -2.31. The van der Waals surface area contributed by atoms with Crippen LogP contribution in [0, 0.1) is 0 Å². The second-order valence-electron chi connectivity index (χ2n) is 18.1. The number of benzene rings is 10. The van der Waals surface area contributed by atoms with Crippen LogP contribution in [-0.2, 0) is 16.2 Å². The Morgan fingerprint density at radius 1 is 0.143 bits per heavy atom. The highest BCUT2D eigenvalue weighted by molar-refractivity contribution is 6.02. The molecule has 0 radical (unpaired) electrons. The van der Waals surface area contributed by atoms with Crippen molar-refractivity contribution in [3.8, 4) is 55.6 Å². The van der Waals surface area contributed by atoms with Gasteiger partial charge in [-0.3, -0.25) is 0 Å². The Labute approximate surface area is 367 Å². The average molecular weight is 795 g/mol. The fourth-order valence-corrected chi connectivity index (χ4v) is 13.9. The van der Waals surface area contributed by atoms with Crippen molar-refractivity contribution >= 4 is 0 Å². The summed E-state index contributed by atoms with van der Waals surface area (Å²) in [6.45, 7) is 0. The second-order valence-corrected chi connectivity index (χ2v) is 18.1. The predicted octanol–water partition coefficient (Wildman–Crippen LogP) is 14.7. The molecule has 0 fully saturated rings. The van der Waals surface area contributed by atoms with Crippen molar-refractivity contribution in [3.05, 3.63) is 297 Å². The fraction of sp³-hybridized carbons (Fsp3) is 0.0476. The topological polar surface area (TPSA) is 0 Å². The van der Waals surface area contributed by atoms with Gasteiger partial charge in [0.1, 0.15) is 0 Å². The van der Waals surface area contributed by atoms with E-state index in [0.29, 0.717) is 0 Å². The fourth-order valence-electron chi connectivity index (χ4n) is 13.9. The molecule has 0 aliphatic heterocycles. The molecule has 0 unspecified atom stereocenters. The molecule has 0 atom stereocenters. The molecule has 0 saturated carbocycles. The standard InChI is InChI=1S/C63H38/c1-9-27-47-39(19-1)40-20-2-10-28-48(40)61(47)53-33-15-7-25-45(53)59-55(61)35-17-37-57(59)63(51-31-13-5-23-43(51)44-24-6-14-32-52(44)63)58-38-18-36-56-60(58)46-26-8-16-34-54(46)62(56)49-29-11-3-21-41(49)42-22-4-12-30-50(42)62/h1-38H. The maximum absolute atomic E-state index is 2.48. The van der Waals surface area contributed by atoms with Crippen LogP contribution in [0.15, 0.2) is 231 Å². The van der Waals surface area contributed by atoms with Crippen LogP contribution in [0.2, 0.25) is 0 Å². The molecule has 10 aromatic rings. The van der Waals surface area contributed by atoms with Crippen molar-refractivity contribution < 1.29 is 0 Å². The molecule has 0 nitrogen and oxygen atoms in total. The molecule has 0 amide bonds. The Morgan fingerprint density at radius 2 is 0.302 bits per heavy atom. The SMILES string of the molecule is c1ccc2c(c1)-c1ccccc1C21c2ccccc2-c2c1cccc2C1(c2cccc3c2-c2ccccc2C32c3ccccc3-c3ccccc32)c2ccccc2-c2ccccc21. The van der Waals surface area contributed by atoms with E-state index in [0.717, 1.165) is 0 Å². The van der Waals surface area contributed by atoms with E-state index in [9.17, 15) is 0 Å². The van der Waals surface area contributed by atoms with Crippen LogP contribution in [0.4, 0.5) is 0 Å². The van der Waals surface area contributed by atoms with Gasteiger partial charge in [-0.05, 0) is 122 Å². The van der Waals surface area contributed by atoms with Crippen molar-refractivity contribution in [2.75, 3.05) is 0 Å². The highest BCUT2D eigenvalue weighted by atomic mass is 14.6. The largest absolute Gasteiger partial charge is 0.0725 e. The van der Waals surface area contributed by atoms with Crippen LogP contribution in [0.3, 0.4) is 0 Å². The Hall–Kier alpha value is -7.80. The van der Waals surface area contributed by atoms with E-state index in [4.69, 9.17) is 0 Å². The molecule has 2 spiro atoms. The Morgan fingerprint density at radius 3 is 0.540 bits per heavy atom. The Balaban J connectivity index is 1.13. The van der Waals surface area contributed by atoms with Gasteiger partial charge in [0.2, 0.25) is 0 Å². The Bertz CT molecular complexity index is 3320.